The highest BCUT2D eigenvalue weighted by molar-refractivity contribution is 7.99. The first kappa shape index (κ1) is 18.9. The average Bonchev–Trinajstić information content (AvgIpc) is 3.07. The largest absolute Gasteiger partial charge is 0.464 e. The summed E-state index contributed by atoms with van der Waals surface area (Å²) in [4.78, 5) is 24.1. The Morgan fingerprint density at radius 2 is 2.00 bits per heavy atom. The molecule has 134 valence electrons. The Hall–Kier alpha value is -2.42. The van der Waals surface area contributed by atoms with Gasteiger partial charge in [0.1, 0.15) is 6.04 Å². The molecule has 9 heteroatoms. The summed E-state index contributed by atoms with van der Waals surface area (Å²) >= 11 is 1.20. The van der Waals surface area contributed by atoms with Gasteiger partial charge in [0.15, 0.2) is 0 Å². The lowest BCUT2D eigenvalue weighted by molar-refractivity contribution is -0.148. The van der Waals surface area contributed by atoms with Crippen LogP contribution < -0.4 is 5.32 Å². The lowest BCUT2D eigenvalue weighted by atomic mass is 10.0. The van der Waals surface area contributed by atoms with Gasteiger partial charge in [-0.1, -0.05) is 43.8 Å². The molecule has 0 saturated carbocycles. The zero-order valence-corrected chi connectivity index (χ0v) is 15.2. The molecule has 0 aliphatic rings. The van der Waals surface area contributed by atoms with Gasteiger partial charge in [-0.05, 0) is 35.4 Å². The number of nitrogens with one attached hydrogen (secondary N) is 1. The Morgan fingerprint density at radius 3 is 2.64 bits per heavy atom. The van der Waals surface area contributed by atoms with Crippen LogP contribution in [0, 0.1) is 5.92 Å². The van der Waals surface area contributed by atoms with Crippen molar-refractivity contribution < 1.29 is 14.3 Å². The van der Waals surface area contributed by atoms with E-state index in [0.717, 1.165) is 5.69 Å². The van der Waals surface area contributed by atoms with Crippen molar-refractivity contribution in [3.63, 3.8) is 0 Å². The summed E-state index contributed by atoms with van der Waals surface area (Å²) in [6.07, 6.45) is 0. The molecule has 1 heterocycles. The van der Waals surface area contributed by atoms with Crippen LogP contribution in [-0.4, -0.2) is 50.5 Å². The number of thioether (sulfide) groups is 1. The van der Waals surface area contributed by atoms with Crippen LogP contribution in [0.4, 0.5) is 0 Å². The number of carbonyl (C=O) groups excluding carboxylic acids is 2. The molecule has 8 nitrogen and oxygen atoms in total. The quantitative estimate of drug-likeness (QED) is 0.560. The van der Waals surface area contributed by atoms with Gasteiger partial charge in [0.2, 0.25) is 11.1 Å². The molecule has 1 atom stereocenters. The number of esters is 1. The molecule has 0 fully saturated rings. The first-order valence-electron chi connectivity index (χ1n) is 7.95. The molecule has 0 aliphatic carbocycles. The Kier molecular flexibility index (Phi) is 6.93. The summed E-state index contributed by atoms with van der Waals surface area (Å²) in [5.74, 6) is -0.678. The number of hydrogen-bond donors (Lipinski definition) is 1. The van der Waals surface area contributed by atoms with Crippen LogP contribution in [-0.2, 0) is 14.3 Å². The van der Waals surface area contributed by atoms with Crippen LogP contribution in [0.3, 0.4) is 0 Å². The molecule has 0 spiro atoms. The van der Waals surface area contributed by atoms with Crippen molar-refractivity contribution in [1.29, 1.82) is 0 Å². The van der Waals surface area contributed by atoms with Gasteiger partial charge < -0.3 is 10.1 Å². The molecule has 1 N–H and O–H groups in total. The van der Waals surface area contributed by atoms with Gasteiger partial charge in [0.25, 0.3) is 0 Å². The van der Waals surface area contributed by atoms with Crippen LogP contribution >= 0.6 is 11.8 Å². The maximum absolute atomic E-state index is 12.2. The van der Waals surface area contributed by atoms with Gasteiger partial charge in [-0.25, -0.2) is 4.79 Å². The fraction of sp³-hybridized carbons (Fsp3) is 0.438. The van der Waals surface area contributed by atoms with E-state index in [9.17, 15) is 9.59 Å². The molecule has 2 rings (SSSR count). The topological polar surface area (TPSA) is 99.0 Å². The van der Waals surface area contributed by atoms with Crippen molar-refractivity contribution >= 4 is 23.6 Å². The highest BCUT2D eigenvalue weighted by Gasteiger charge is 2.25. The molecule has 0 aliphatic heterocycles. The first-order valence-corrected chi connectivity index (χ1v) is 8.94. The molecule has 0 saturated heterocycles. The van der Waals surface area contributed by atoms with Crippen molar-refractivity contribution in [2.45, 2.75) is 32.0 Å². The van der Waals surface area contributed by atoms with Crippen LogP contribution in [0.5, 0.6) is 0 Å². The van der Waals surface area contributed by atoms with Gasteiger partial charge in [0.05, 0.1) is 18.0 Å². The highest BCUT2D eigenvalue weighted by atomic mass is 32.2. The number of aromatic nitrogens is 4. The van der Waals surface area contributed by atoms with E-state index in [0.29, 0.717) is 5.16 Å². The Bertz CT molecular complexity index is 705. The van der Waals surface area contributed by atoms with Crippen molar-refractivity contribution in [3.05, 3.63) is 30.3 Å². The number of rotatable bonds is 8. The molecule has 0 radical (unpaired) electrons. The van der Waals surface area contributed by atoms with Gasteiger partial charge in [-0.15, -0.1) is 5.10 Å². The maximum Gasteiger partial charge on any atom is 0.328 e. The number of carbonyl (C=O) groups is 2. The minimum absolute atomic E-state index is 0.0670. The van der Waals surface area contributed by atoms with Crippen molar-refractivity contribution in [1.82, 2.24) is 25.5 Å². The van der Waals surface area contributed by atoms with E-state index in [1.54, 1.807) is 11.6 Å². The molecule has 0 bridgehead atoms. The van der Waals surface area contributed by atoms with E-state index in [1.807, 2.05) is 44.2 Å². The lowest BCUT2D eigenvalue weighted by Gasteiger charge is -2.20. The number of hydrogen-bond acceptors (Lipinski definition) is 7. The Labute approximate surface area is 150 Å². The molecular weight excluding hydrogens is 342 g/mol. The smallest absolute Gasteiger partial charge is 0.328 e. The van der Waals surface area contributed by atoms with E-state index in [4.69, 9.17) is 4.74 Å². The molecular formula is C16H21N5O3S. The second kappa shape index (κ2) is 9.16. The van der Waals surface area contributed by atoms with Crippen molar-refractivity contribution in [3.8, 4) is 5.69 Å². The van der Waals surface area contributed by atoms with Gasteiger partial charge in [0, 0.05) is 0 Å². The molecule has 1 aromatic heterocycles. The third-order valence-electron chi connectivity index (χ3n) is 3.30. The van der Waals surface area contributed by atoms with Crippen molar-refractivity contribution in [2.75, 3.05) is 12.4 Å². The minimum Gasteiger partial charge on any atom is -0.464 e. The molecule has 1 aromatic carbocycles. The standard InChI is InChI=1S/C16H21N5O3S/c1-4-24-15(23)14(11(2)3)17-13(22)10-25-16-18-19-20-21(16)12-8-6-5-7-9-12/h5-9,11,14H,4,10H2,1-3H3,(H,17,22)/t14-/m0/s1. The predicted molar refractivity (Wildman–Crippen MR) is 93.3 cm³/mol. The van der Waals surface area contributed by atoms with E-state index >= 15 is 0 Å². The zero-order chi connectivity index (χ0) is 18.2. The van der Waals surface area contributed by atoms with E-state index in [-0.39, 0.29) is 24.2 Å². The van der Waals surface area contributed by atoms with Crippen LogP contribution in [0.15, 0.2) is 35.5 Å². The number of nitrogens with zero attached hydrogens (tertiary/aromatic N) is 4. The molecule has 2 aromatic rings. The van der Waals surface area contributed by atoms with Gasteiger partial charge >= 0.3 is 5.97 Å². The third-order valence-corrected chi connectivity index (χ3v) is 4.22. The molecule has 25 heavy (non-hydrogen) atoms. The summed E-state index contributed by atoms with van der Waals surface area (Å²) in [7, 11) is 0. The van der Waals surface area contributed by atoms with Crippen LogP contribution in [0.1, 0.15) is 20.8 Å². The average molecular weight is 363 g/mol. The summed E-state index contributed by atoms with van der Waals surface area (Å²) in [5.41, 5.74) is 0.807. The number of ether oxygens (including phenoxy) is 1. The zero-order valence-electron chi connectivity index (χ0n) is 14.4. The fourth-order valence-electron chi connectivity index (χ4n) is 2.08. The third kappa shape index (κ3) is 5.28. The monoisotopic (exact) mass is 363 g/mol. The van der Waals surface area contributed by atoms with Gasteiger partial charge in [-0.3, -0.25) is 4.79 Å². The molecule has 1 amide bonds. The second-order valence-corrected chi connectivity index (χ2v) is 6.48. The van der Waals surface area contributed by atoms with Crippen LogP contribution in [0.2, 0.25) is 0 Å². The number of benzene rings is 1. The summed E-state index contributed by atoms with van der Waals surface area (Å²) in [6, 6.07) is 8.73. The summed E-state index contributed by atoms with van der Waals surface area (Å²) in [5, 5.41) is 14.7. The number of tetrazole rings is 1. The van der Waals surface area contributed by atoms with E-state index in [2.05, 4.69) is 20.8 Å². The normalized spacial score (nSPS) is 12.0. The highest BCUT2D eigenvalue weighted by Crippen LogP contribution is 2.17. The Morgan fingerprint density at radius 1 is 1.28 bits per heavy atom. The molecule has 0 unspecified atom stereocenters. The lowest BCUT2D eigenvalue weighted by Crippen LogP contribution is -2.46. The van der Waals surface area contributed by atoms with E-state index < -0.39 is 12.0 Å². The van der Waals surface area contributed by atoms with E-state index in [1.165, 1.54) is 11.8 Å². The first-order chi connectivity index (χ1) is 12.0. The second-order valence-electron chi connectivity index (χ2n) is 5.54. The summed E-state index contributed by atoms with van der Waals surface area (Å²) < 4.78 is 6.56. The number of amides is 1. The van der Waals surface area contributed by atoms with Crippen LogP contribution in [0.25, 0.3) is 5.69 Å². The summed E-state index contributed by atoms with van der Waals surface area (Å²) in [6.45, 7) is 5.71. The van der Waals surface area contributed by atoms with Crippen molar-refractivity contribution in [2.24, 2.45) is 5.92 Å². The van der Waals surface area contributed by atoms with Gasteiger partial charge in [-0.2, -0.15) is 4.68 Å². The SMILES string of the molecule is CCOC(=O)[C@@H](NC(=O)CSc1nnnn1-c1ccccc1)C(C)C. The fourth-order valence-corrected chi connectivity index (χ4v) is 2.78. The number of para-hydroxylation sites is 1. The predicted octanol–water partition coefficient (Wildman–Crippen LogP) is 1.46. The maximum atomic E-state index is 12.2. The Balaban J connectivity index is 1.96. The minimum atomic E-state index is -0.668.